The van der Waals surface area contributed by atoms with E-state index in [2.05, 4.69) is 16.0 Å². The van der Waals surface area contributed by atoms with Crippen LogP contribution >= 0.6 is 0 Å². The van der Waals surface area contributed by atoms with Gasteiger partial charge in [0.25, 0.3) is 0 Å². The number of likely N-dealkylation sites (tertiary alicyclic amines) is 1. The predicted octanol–water partition coefficient (Wildman–Crippen LogP) is 5.49. The molecule has 2 atom stereocenters. The Morgan fingerprint density at radius 2 is 1.59 bits per heavy atom. The largest absolute Gasteiger partial charge is 0.481 e. The number of hydrogen-bond acceptors (Lipinski definition) is 4. The molecular formula is C28H38N4O5. The van der Waals surface area contributed by atoms with E-state index in [4.69, 9.17) is 5.11 Å². The molecule has 2 aromatic rings. The maximum atomic E-state index is 12.8. The summed E-state index contributed by atoms with van der Waals surface area (Å²) in [5.74, 6) is -1.36. The number of aryl methyl sites for hydroxylation is 1. The average molecular weight is 511 g/mol. The molecule has 0 spiro atoms. The van der Waals surface area contributed by atoms with E-state index in [1.807, 2.05) is 45.0 Å². The van der Waals surface area contributed by atoms with Gasteiger partial charge in [-0.3, -0.25) is 14.4 Å². The van der Waals surface area contributed by atoms with Gasteiger partial charge in [0.2, 0.25) is 11.8 Å². The topological polar surface area (TPSA) is 128 Å². The van der Waals surface area contributed by atoms with Gasteiger partial charge in [0.15, 0.2) is 0 Å². The summed E-state index contributed by atoms with van der Waals surface area (Å²) in [7, 11) is 0. The van der Waals surface area contributed by atoms with Gasteiger partial charge in [-0.15, -0.1) is 0 Å². The number of para-hydroxylation sites is 1. The number of benzene rings is 2. The summed E-state index contributed by atoms with van der Waals surface area (Å²) >= 11 is 0. The number of carbonyl (C=O) groups is 4. The first-order valence-corrected chi connectivity index (χ1v) is 12.8. The molecule has 0 radical (unpaired) electrons. The number of aliphatic carboxylic acids is 1. The maximum absolute atomic E-state index is 12.8. The third-order valence-electron chi connectivity index (χ3n) is 6.05. The fraction of sp³-hybridized carbons (Fsp3) is 0.429. The van der Waals surface area contributed by atoms with Crippen LogP contribution in [-0.2, 0) is 14.4 Å². The summed E-state index contributed by atoms with van der Waals surface area (Å²) < 4.78 is 0. The Hall–Kier alpha value is -3.88. The minimum atomic E-state index is -0.878. The van der Waals surface area contributed by atoms with Crippen molar-refractivity contribution in [3.8, 4) is 0 Å². The molecular weight excluding hydrogens is 472 g/mol. The molecule has 0 aliphatic carbocycles. The average Bonchev–Trinajstić information content (AvgIpc) is 3.36. The van der Waals surface area contributed by atoms with Gasteiger partial charge in [0.1, 0.15) is 6.04 Å². The number of nitrogens with zero attached hydrogens (tertiary/aromatic N) is 1. The molecule has 1 heterocycles. The van der Waals surface area contributed by atoms with Crippen molar-refractivity contribution in [3.63, 3.8) is 0 Å². The molecule has 1 aliphatic heterocycles. The predicted molar refractivity (Wildman–Crippen MR) is 146 cm³/mol. The molecule has 0 saturated carbocycles. The highest BCUT2D eigenvalue weighted by molar-refractivity contribution is 6.01. The second-order valence-electron chi connectivity index (χ2n) is 8.95. The molecule has 1 saturated heterocycles. The second-order valence-corrected chi connectivity index (χ2v) is 8.95. The number of urea groups is 1. The molecule has 37 heavy (non-hydrogen) atoms. The molecule has 4 amide bonds. The number of rotatable bonds is 9. The minimum Gasteiger partial charge on any atom is -0.481 e. The number of nitrogens with one attached hydrogen (secondary N) is 3. The molecule has 0 unspecified atom stereocenters. The van der Waals surface area contributed by atoms with Crippen LogP contribution in [0.2, 0.25) is 0 Å². The smallest absolute Gasteiger partial charge is 0.323 e. The van der Waals surface area contributed by atoms with Crippen LogP contribution in [0.1, 0.15) is 58.4 Å². The van der Waals surface area contributed by atoms with Crippen LogP contribution in [0.3, 0.4) is 0 Å². The lowest BCUT2D eigenvalue weighted by Gasteiger charge is -2.24. The number of anilines is 3. The minimum absolute atomic E-state index is 0.0234. The normalized spacial score (nSPS) is 15.1. The second kappa shape index (κ2) is 14.6. The van der Waals surface area contributed by atoms with Crippen molar-refractivity contribution in [2.75, 3.05) is 22.5 Å². The van der Waals surface area contributed by atoms with E-state index in [1.165, 1.54) is 0 Å². The first-order valence-electron chi connectivity index (χ1n) is 12.8. The van der Waals surface area contributed by atoms with Crippen LogP contribution in [0.4, 0.5) is 21.9 Å². The van der Waals surface area contributed by atoms with Crippen LogP contribution < -0.4 is 16.0 Å². The van der Waals surface area contributed by atoms with Gasteiger partial charge in [-0.1, -0.05) is 39.0 Å². The van der Waals surface area contributed by atoms with Crippen molar-refractivity contribution in [3.05, 3.63) is 54.1 Å². The number of carboxylic acid groups (broad SMARTS) is 1. The molecule has 9 nitrogen and oxygen atoms in total. The Balaban J connectivity index is 0.00000235. The van der Waals surface area contributed by atoms with E-state index in [-0.39, 0.29) is 36.6 Å². The van der Waals surface area contributed by atoms with Gasteiger partial charge >= 0.3 is 12.0 Å². The molecule has 1 aliphatic rings. The zero-order valence-electron chi connectivity index (χ0n) is 22.0. The number of carboxylic acids is 1. The van der Waals surface area contributed by atoms with Crippen molar-refractivity contribution in [1.29, 1.82) is 0 Å². The SMILES string of the molecule is CC.Cc1ccccc1NC(=O)Nc1ccc(NC(=O)[C@@H]2CCCN2C(=O)CC[C@@H](C)CC(=O)O)cc1. The molecule has 9 heteroatoms. The van der Waals surface area contributed by atoms with Crippen LogP contribution in [0.15, 0.2) is 48.5 Å². The van der Waals surface area contributed by atoms with Crippen molar-refractivity contribution < 1.29 is 24.3 Å². The van der Waals surface area contributed by atoms with Gasteiger partial charge in [-0.2, -0.15) is 0 Å². The van der Waals surface area contributed by atoms with Gasteiger partial charge in [-0.05, 0) is 68.0 Å². The van der Waals surface area contributed by atoms with Gasteiger partial charge in [-0.25, -0.2) is 4.79 Å². The molecule has 4 N–H and O–H groups in total. The zero-order valence-corrected chi connectivity index (χ0v) is 22.0. The summed E-state index contributed by atoms with van der Waals surface area (Å²) in [6.07, 6.45) is 2.05. The Morgan fingerprint density at radius 3 is 2.22 bits per heavy atom. The van der Waals surface area contributed by atoms with Crippen molar-refractivity contribution >= 4 is 40.9 Å². The third kappa shape index (κ3) is 9.25. The molecule has 3 rings (SSSR count). The standard InChI is InChI=1S/C26H32N4O5.C2H6/c1-17(16-24(32)33)9-14-23(31)30-15-5-8-22(30)25(34)27-19-10-12-20(13-11-19)28-26(35)29-21-7-4-3-6-18(21)2;1-2/h3-4,6-7,10-13,17,22H,5,8-9,14-16H2,1-2H3,(H,27,34)(H,32,33)(H2,28,29,35);1-2H3/t17-,22+;/m1./s1. The summed E-state index contributed by atoms with van der Waals surface area (Å²) in [5, 5.41) is 17.3. The first kappa shape index (κ1) is 29.4. The van der Waals surface area contributed by atoms with E-state index in [1.54, 1.807) is 36.1 Å². The van der Waals surface area contributed by atoms with E-state index in [0.717, 1.165) is 17.7 Å². The quantitative estimate of drug-likeness (QED) is 0.355. The Labute approximate surface area is 218 Å². The van der Waals surface area contributed by atoms with Crippen molar-refractivity contribution in [1.82, 2.24) is 4.90 Å². The number of amides is 4. The fourth-order valence-electron chi connectivity index (χ4n) is 4.11. The highest BCUT2D eigenvalue weighted by Crippen LogP contribution is 2.23. The lowest BCUT2D eigenvalue weighted by Crippen LogP contribution is -2.43. The van der Waals surface area contributed by atoms with Crippen LogP contribution in [0, 0.1) is 12.8 Å². The van der Waals surface area contributed by atoms with Gasteiger partial charge < -0.3 is 26.0 Å². The van der Waals surface area contributed by atoms with Crippen molar-refractivity contribution in [2.45, 2.75) is 65.8 Å². The maximum Gasteiger partial charge on any atom is 0.323 e. The Morgan fingerprint density at radius 1 is 0.973 bits per heavy atom. The third-order valence-corrected chi connectivity index (χ3v) is 6.05. The summed E-state index contributed by atoms with van der Waals surface area (Å²) in [6.45, 7) is 8.23. The van der Waals surface area contributed by atoms with E-state index in [9.17, 15) is 19.2 Å². The summed E-state index contributed by atoms with van der Waals surface area (Å²) in [6, 6.07) is 13.3. The summed E-state index contributed by atoms with van der Waals surface area (Å²) in [5.41, 5.74) is 2.81. The summed E-state index contributed by atoms with van der Waals surface area (Å²) in [4.78, 5) is 50.2. The molecule has 200 valence electrons. The molecule has 0 aromatic heterocycles. The van der Waals surface area contributed by atoms with Gasteiger partial charge in [0.05, 0.1) is 0 Å². The van der Waals surface area contributed by atoms with Gasteiger partial charge in [0, 0.05) is 36.4 Å². The highest BCUT2D eigenvalue weighted by Gasteiger charge is 2.34. The van der Waals surface area contributed by atoms with E-state index >= 15 is 0 Å². The van der Waals surface area contributed by atoms with Crippen LogP contribution in [0.5, 0.6) is 0 Å². The Bertz CT molecular complexity index is 1070. The first-order chi connectivity index (χ1) is 17.7. The van der Waals surface area contributed by atoms with Crippen molar-refractivity contribution in [2.24, 2.45) is 5.92 Å². The monoisotopic (exact) mass is 510 g/mol. The zero-order chi connectivity index (χ0) is 27.4. The highest BCUT2D eigenvalue weighted by atomic mass is 16.4. The molecule has 2 aromatic carbocycles. The molecule has 0 bridgehead atoms. The lowest BCUT2D eigenvalue weighted by molar-refractivity contribution is -0.139. The van der Waals surface area contributed by atoms with Crippen LogP contribution in [-0.4, -0.2) is 46.4 Å². The fourth-order valence-corrected chi connectivity index (χ4v) is 4.11. The Kier molecular flexibility index (Phi) is 11.6. The van der Waals surface area contributed by atoms with Crippen LogP contribution in [0.25, 0.3) is 0 Å². The lowest BCUT2D eigenvalue weighted by atomic mass is 10.0. The number of hydrogen-bond donors (Lipinski definition) is 4. The number of carbonyl (C=O) groups excluding carboxylic acids is 3. The van der Waals surface area contributed by atoms with E-state index in [0.29, 0.717) is 30.8 Å². The van der Waals surface area contributed by atoms with E-state index < -0.39 is 12.0 Å². The molecule has 1 fully saturated rings.